The third kappa shape index (κ3) is 4.93. The van der Waals surface area contributed by atoms with Crippen molar-refractivity contribution in [3.8, 4) is 5.75 Å². The number of aromatic nitrogens is 1. The molecule has 0 fully saturated rings. The lowest BCUT2D eigenvalue weighted by Gasteiger charge is -2.12. The number of hydrogen-bond donors (Lipinski definition) is 1. The number of nitrogens with zero attached hydrogens (tertiary/aromatic N) is 1. The highest BCUT2D eigenvalue weighted by Crippen LogP contribution is 2.29. The van der Waals surface area contributed by atoms with E-state index in [1.807, 2.05) is 62.4 Å². The van der Waals surface area contributed by atoms with Gasteiger partial charge in [-0.15, -0.1) is 0 Å². The number of carbonyl (C=O) groups is 1. The standard InChI is InChI=1S/C26H26N2O4S/c1-18-8-11-20(12-9-18)17-33(30,31)25-15-28(23-7-5-4-6-21(23)25)16-26(29)27-22-14-19(2)10-13-24(22)32-3/h4-15H,16-17H2,1-3H3,(H,27,29). The smallest absolute Gasteiger partial charge is 0.244 e. The summed E-state index contributed by atoms with van der Waals surface area (Å²) in [6.45, 7) is 3.86. The van der Waals surface area contributed by atoms with Crippen molar-refractivity contribution in [2.75, 3.05) is 12.4 Å². The average molecular weight is 463 g/mol. The number of para-hydroxylation sites is 1. The minimum absolute atomic E-state index is 0.0301. The van der Waals surface area contributed by atoms with E-state index in [9.17, 15) is 13.2 Å². The van der Waals surface area contributed by atoms with Crippen molar-refractivity contribution < 1.29 is 17.9 Å². The summed E-state index contributed by atoms with van der Waals surface area (Å²) in [4.78, 5) is 13.1. The minimum atomic E-state index is -3.62. The van der Waals surface area contributed by atoms with Crippen molar-refractivity contribution in [3.05, 3.63) is 89.6 Å². The summed E-state index contributed by atoms with van der Waals surface area (Å²) in [6, 6.07) is 20.2. The highest BCUT2D eigenvalue weighted by molar-refractivity contribution is 7.90. The molecule has 0 spiro atoms. The van der Waals surface area contributed by atoms with Crippen molar-refractivity contribution in [3.63, 3.8) is 0 Å². The zero-order valence-electron chi connectivity index (χ0n) is 18.8. The molecule has 6 nitrogen and oxygen atoms in total. The van der Waals surface area contributed by atoms with Crippen LogP contribution in [0.15, 0.2) is 77.8 Å². The lowest BCUT2D eigenvalue weighted by Crippen LogP contribution is -2.18. The van der Waals surface area contributed by atoms with E-state index in [1.165, 1.54) is 0 Å². The van der Waals surface area contributed by atoms with Crippen LogP contribution in [0.1, 0.15) is 16.7 Å². The Kier molecular flexibility index (Phi) is 6.24. The van der Waals surface area contributed by atoms with Crippen LogP contribution in [0.5, 0.6) is 5.75 Å². The van der Waals surface area contributed by atoms with E-state index in [1.54, 1.807) is 36.1 Å². The number of sulfone groups is 1. The molecule has 1 aromatic heterocycles. The number of rotatable bonds is 7. The first-order valence-corrected chi connectivity index (χ1v) is 12.2. The summed E-state index contributed by atoms with van der Waals surface area (Å²) < 4.78 is 33.6. The number of hydrogen-bond acceptors (Lipinski definition) is 4. The van der Waals surface area contributed by atoms with Crippen LogP contribution in [-0.4, -0.2) is 26.0 Å². The van der Waals surface area contributed by atoms with Gasteiger partial charge in [-0.3, -0.25) is 4.79 Å². The predicted molar refractivity (Wildman–Crippen MR) is 130 cm³/mol. The van der Waals surface area contributed by atoms with Crippen LogP contribution >= 0.6 is 0 Å². The quantitative estimate of drug-likeness (QED) is 0.425. The zero-order chi connectivity index (χ0) is 23.6. The van der Waals surface area contributed by atoms with Gasteiger partial charge in [-0.2, -0.15) is 0 Å². The Balaban J connectivity index is 1.64. The van der Waals surface area contributed by atoms with E-state index in [0.717, 1.165) is 16.7 Å². The fourth-order valence-corrected chi connectivity index (χ4v) is 5.42. The van der Waals surface area contributed by atoms with Gasteiger partial charge in [-0.05, 0) is 43.2 Å². The number of ether oxygens (including phenoxy) is 1. The first-order valence-electron chi connectivity index (χ1n) is 10.6. The fraction of sp³-hybridized carbons (Fsp3) is 0.192. The van der Waals surface area contributed by atoms with Crippen molar-refractivity contribution in [1.82, 2.24) is 4.57 Å². The van der Waals surface area contributed by atoms with Crippen LogP contribution in [0.3, 0.4) is 0 Å². The molecule has 4 rings (SSSR count). The first kappa shape index (κ1) is 22.6. The van der Waals surface area contributed by atoms with Gasteiger partial charge in [0.15, 0.2) is 9.84 Å². The summed E-state index contributed by atoms with van der Waals surface area (Å²) in [7, 11) is -2.07. The Morgan fingerprint density at radius 1 is 0.970 bits per heavy atom. The van der Waals surface area contributed by atoms with Crippen molar-refractivity contribution >= 4 is 32.3 Å². The van der Waals surface area contributed by atoms with E-state index in [4.69, 9.17) is 4.74 Å². The Labute approximate surface area is 193 Å². The first-order chi connectivity index (χ1) is 15.8. The minimum Gasteiger partial charge on any atom is -0.495 e. The Hall–Kier alpha value is -3.58. The molecule has 0 aliphatic rings. The number of nitrogens with one attached hydrogen (secondary N) is 1. The molecule has 0 aliphatic heterocycles. The zero-order valence-corrected chi connectivity index (χ0v) is 19.6. The maximum Gasteiger partial charge on any atom is 0.244 e. The summed E-state index contributed by atoms with van der Waals surface area (Å²) in [5, 5.41) is 3.48. The van der Waals surface area contributed by atoms with Crippen LogP contribution in [0.2, 0.25) is 0 Å². The third-order valence-electron chi connectivity index (χ3n) is 5.51. The molecule has 3 aromatic carbocycles. The van der Waals surface area contributed by atoms with E-state index >= 15 is 0 Å². The van der Waals surface area contributed by atoms with E-state index in [2.05, 4.69) is 5.32 Å². The second-order valence-corrected chi connectivity index (χ2v) is 10.1. The molecule has 1 N–H and O–H groups in total. The molecule has 0 saturated heterocycles. The highest BCUT2D eigenvalue weighted by Gasteiger charge is 2.22. The molecule has 170 valence electrons. The van der Waals surface area contributed by atoms with Crippen LogP contribution < -0.4 is 10.1 Å². The van der Waals surface area contributed by atoms with Gasteiger partial charge < -0.3 is 14.6 Å². The number of amides is 1. The molecule has 1 amide bonds. The number of fused-ring (bicyclic) bond motifs is 1. The largest absolute Gasteiger partial charge is 0.495 e. The van der Waals surface area contributed by atoms with Gasteiger partial charge >= 0.3 is 0 Å². The van der Waals surface area contributed by atoms with Crippen molar-refractivity contribution in [2.24, 2.45) is 0 Å². The molecule has 0 radical (unpaired) electrons. The number of carbonyl (C=O) groups excluding carboxylic acids is 1. The highest BCUT2D eigenvalue weighted by atomic mass is 32.2. The molecular weight excluding hydrogens is 436 g/mol. The van der Waals surface area contributed by atoms with Crippen LogP contribution in [0.4, 0.5) is 5.69 Å². The molecule has 0 bridgehead atoms. The van der Waals surface area contributed by atoms with Crippen molar-refractivity contribution in [1.29, 1.82) is 0 Å². The third-order valence-corrected chi connectivity index (χ3v) is 7.22. The van der Waals surface area contributed by atoms with Gasteiger partial charge in [-0.1, -0.05) is 54.1 Å². The van der Waals surface area contributed by atoms with Gasteiger partial charge in [0.1, 0.15) is 12.3 Å². The normalized spacial score (nSPS) is 11.5. The van der Waals surface area contributed by atoms with Crippen LogP contribution in [-0.2, 0) is 26.9 Å². The second kappa shape index (κ2) is 9.11. The summed E-state index contributed by atoms with van der Waals surface area (Å²) in [5.74, 6) is 0.184. The van der Waals surface area contributed by atoms with Gasteiger partial charge in [0.2, 0.25) is 5.91 Å². The van der Waals surface area contributed by atoms with E-state index in [0.29, 0.717) is 22.3 Å². The molecule has 7 heteroatoms. The Bertz CT molecular complexity index is 1420. The average Bonchev–Trinajstić information content (AvgIpc) is 3.15. The number of aryl methyl sites for hydroxylation is 2. The SMILES string of the molecule is COc1ccc(C)cc1NC(=O)Cn1cc(S(=O)(=O)Cc2ccc(C)cc2)c2ccccc21. The fourth-order valence-electron chi connectivity index (χ4n) is 3.84. The summed E-state index contributed by atoms with van der Waals surface area (Å²) in [5.41, 5.74) is 4.05. The van der Waals surface area contributed by atoms with Crippen LogP contribution in [0, 0.1) is 13.8 Å². The molecule has 4 aromatic rings. The molecular formula is C26H26N2O4S. The molecule has 0 unspecified atom stereocenters. The summed E-state index contributed by atoms with van der Waals surface area (Å²) in [6.07, 6.45) is 1.56. The van der Waals surface area contributed by atoms with Gasteiger partial charge in [-0.25, -0.2) is 8.42 Å². The maximum atomic E-state index is 13.3. The topological polar surface area (TPSA) is 77.4 Å². The lowest BCUT2D eigenvalue weighted by molar-refractivity contribution is -0.116. The van der Waals surface area contributed by atoms with Crippen LogP contribution in [0.25, 0.3) is 10.9 Å². The number of anilines is 1. The maximum absolute atomic E-state index is 13.3. The Morgan fingerprint density at radius 2 is 1.67 bits per heavy atom. The number of benzene rings is 3. The van der Waals surface area contributed by atoms with E-state index < -0.39 is 9.84 Å². The second-order valence-electron chi connectivity index (χ2n) is 8.13. The van der Waals surface area contributed by atoms with E-state index in [-0.39, 0.29) is 23.1 Å². The molecule has 0 atom stereocenters. The predicted octanol–water partition coefficient (Wildman–Crippen LogP) is 4.88. The molecule has 0 saturated carbocycles. The molecule has 0 aliphatic carbocycles. The monoisotopic (exact) mass is 462 g/mol. The Morgan fingerprint density at radius 3 is 2.39 bits per heavy atom. The molecule has 33 heavy (non-hydrogen) atoms. The summed E-state index contributed by atoms with van der Waals surface area (Å²) >= 11 is 0. The van der Waals surface area contributed by atoms with Crippen molar-refractivity contribution in [2.45, 2.75) is 31.0 Å². The molecule has 1 heterocycles. The van der Waals surface area contributed by atoms with Gasteiger partial charge in [0, 0.05) is 17.1 Å². The van der Waals surface area contributed by atoms with Gasteiger partial charge in [0.05, 0.1) is 23.4 Å². The number of methoxy groups -OCH3 is 1. The lowest BCUT2D eigenvalue weighted by atomic mass is 10.2. The van der Waals surface area contributed by atoms with Gasteiger partial charge in [0.25, 0.3) is 0 Å².